The molecule has 166 valence electrons. The van der Waals surface area contributed by atoms with Gasteiger partial charge in [0.2, 0.25) is 5.78 Å². The molecule has 3 rings (SSSR count). The Hall–Kier alpha value is -3.23. The number of ether oxygens (including phenoxy) is 1. The summed E-state index contributed by atoms with van der Waals surface area (Å²) in [4.78, 5) is 37.3. The number of amides is 2. The molecular formula is C22H27FN4O4. The Morgan fingerprint density at radius 1 is 1.23 bits per heavy atom. The highest BCUT2D eigenvalue weighted by Crippen LogP contribution is 2.44. The van der Waals surface area contributed by atoms with Crippen molar-refractivity contribution in [2.24, 2.45) is 0 Å². The van der Waals surface area contributed by atoms with Gasteiger partial charge in [0, 0.05) is 11.5 Å². The highest BCUT2D eigenvalue weighted by molar-refractivity contribution is 6.42. The number of carbonyl (C=O) groups is 3. The van der Waals surface area contributed by atoms with Gasteiger partial charge in [-0.2, -0.15) is 5.10 Å². The Balaban J connectivity index is 1.58. The minimum atomic E-state index is -0.987. The number of benzene rings is 1. The average molecular weight is 430 g/mol. The minimum absolute atomic E-state index is 0.124. The molecule has 2 amide bonds. The molecule has 1 fully saturated rings. The maximum absolute atomic E-state index is 13.3. The quantitative estimate of drug-likeness (QED) is 0.500. The molecule has 0 aliphatic heterocycles. The van der Waals surface area contributed by atoms with Gasteiger partial charge in [-0.25, -0.2) is 9.18 Å². The summed E-state index contributed by atoms with van der Waals surface area (Å²) in [5, 5.41) is 11.2. The summed E-state index contributed by atoms with van der Waals surface area (Å²) >= 11 is 0. The number of alkyl carbamates (subject to hydrolysis) is 1. The van der Waals surface area contributed by atoms with Crippen molar-refractivity contribution in [1.29, 1.82) is 0 Å². The van der Waals surface area contributed by atoms with Crippen LogP contribution in [-0.2, 0) is 19.7 Å². The maximum atomic E-state index is 13.3. The van der Waals surface area contributed by atoms with E-state index in [1.54, 1.807) is 12.1 Å². The summed E-state index contributed by atoms with van der Waals surface area (Å²) in [6.07, 6.45) is 5.13. The SMILES string of the molecule is CCCCC(NC(=O)OCC1(c2ccc(F)cc2)CCC1)C(=O)C(=O)Nc1ccn[nH]1. The molecule has 0 bridgehead atoms. The van der Waals surface area contributed by atoms with E-state index >= 15 is 0 Å². The van der Waals surface area contributed by atoms with Crippen LogP contribution in [0.15, 0.2) is 36.5 Å². The smallest absolute Gasteiger partial charge is 0.407 e. The van der Waals surface area contributed by atoms with Crippen LogP contribution in [0.25, 0.3) is 0 Å². The Bertz CT molecular complexity index is 895. The number of hydrogen-bond acceptors (Lipinski definition) is 5. The molecule has 2 aromatic rings. The van der Waals surface area contributed by atoms with Crippen LogP contribution in [0.2, 0.25) is 0 Å². The summed E-state index contributed by atoms with van der Waals surface area (Å²) in [6.45, 7) is 2.08. The maximum Gasteiger partial charge on any atom is 0.407 e. The van der Waals surface area contributed by atoms with Crippen LogP contribution in [0, 0.1) is 5.82 Å². The van der Waals surface area contributed by atoms with E-state index in [0.717, 1.165) is 31.2 Å². The van der Waals surface area contributed by atoms with Gasteiger partial charge in [0.15, 0.2) is 0 Å². The van der Waals surface area contributed by atoms with Crippen LogP contribution >= 0.6 is 0 Å². The first kappa shape index (κ1) is 22.5. The number of anilines is 1. The number of halogens is 1. The Labute approximate surface area is 179 Å². The normalized spacial score (nSPS) is 15.4. The van der Waals surface area contributed by atoms with Gasteiger partial charge < -0.3 is 15.4 Å². The Kier molecular flexibility index (Phi) is 7.38. The number of carbonyl (C=O) groups excluding carboxylic acids is 3. The monoisotopic (exact) mass is 430 g/mol. The van der Waals surface area contributed by atoms with E-state index in [1.807, 2.05) is 6.92 Å². The first-order valence-electron chi connectivity index (χ1n) is 10.5. The van der Waals surface area contributed by atoms with Crippen molar-refractivity contribution in [3.8, 4) is 0 Å². The third-order valence-corrected chi connectivity index (χ3v) is 5.67. The molecule has 0 spiro atoms. The van der Waals surface area contributed by atoms with Gasteiger partial charge in [-0.15, -0.1) is 0 Å². The molecule has 8 nitrogen and oxygen atoms in total. The van der Waals surface area contributed by atoms with E-state index in [-0.39, 0.29) is 17.8 Å². The molecule has 31 heavy (non-hydrogen) atoms. The lowest BCUT2D eigenvalue weighted by Gasteiger charge is -2.41. The van der Waals surface area contributed by atoms with E-state index in [2.05, 4.69) is 20.8 Å². The first-order valence-corrected chi connectivity index (χ1v) is 10.5. The van der Waals surface area contributed by atoms with Crippen LogP contribution < -0.4 is 10.6 Å². The molecule has 0 radical (unpaired) electrons. The molecular weight excluding hydrogens is 403 g/mol. The van der Waals surface area contributed by atoms with Crippen molar-refractivity contribution in [2.75, 3.05) is 11.9 Å². The van der Waals surface area contributed by atoms with Crippen molar-refractivity contribution in [3.05, 3.63) is 47.9 Å². The second-order valence-corrected chi connectivity index (χ2v) is 7.84. The molecule has 9 heteroatoms. The van der Waals surface area contributed by atoms with Crippen LogP contribution in [0.5, 0.6) is 0 Å². The molecule has 1 aliphatic rings. The van der Waals surface area contributed by atoms with Crippen molar-refractivity contribution < 1.29 is 23.5 Å². The van der Waals surface area contributed by atoms with E-state index in [9.17, 15) is 18.8 Å². The van der Waals surface area contributed by atoms with Gasteiger partial charge in [0.05, 0.1) is 6.20 Å². The van der Waals surface area contributed by atoms with Crippen LogP contribution in [0.1, 0.15) is 51.0 Å². The van der Waals surface area contributed by atoms with E-state index in [1.165, 1.54) is 24.4 Å². The van der Waals surface area contributed by atoms with Crippen molar-refractivity contribution in [1.82, 2.24) is 15.5 Å². The number of aromatic amines is 1. The fourth-order valence-electron chi connectivity index (χ4n) is 3.66. The number of H-pyrrole nitrogens is 1. The van der Waals surface area contributed by atoms with E-state index in [0.29, 0.717) is 18.7 Å². The molecule has 3 N–H and O–H groups in total. The third kappa shape index (κ3) is 5.68. The Morgan fingerprint density at radius 2 is 1.97 bits per heavy atom. The average Bonchev–Trinajstić information content (AvgIpc) is 3.24. The van der Waals surface area contributed by atoms with Crippen molar-refractivity contribution in [3.63, 3.8) is 0 Å². The number of rotatable bonds is 10. The number of ketones is 1. The van der Waals surface area contributed by atoms with Crippen LogP contribution in [-0.4, -0.2) is 40.6 Å². The summed E-state index contributed by atoms with van der Waals surface area (Å²) in [7, 11) is 0. The number of Topliss-reactive ketones (excluding diaryl/α,β-unsaturated/α-hetero) is 1. The highest BCUT2D eigenvalue weighted by Gasteiger charge is 2.40. The molecule has 1 saturated carbocycles. The number of unbranched alkanes of at least 4 members (excludes halogenated alkanes) is 1. The number of nitrogens with zero attached hydrogens (tertiary/aromatic N) is 1. The zero-order valence-electron chi connectivity index (χ0n) is 17.4. The zero-order valence-corrected chi connectivity index (χ0v) is 17.4. The second-order valence-electron chi connectivity index (χ2n) is 7.84. The highest BCUT2D eigenvalue weighted by atomic mass is 19.1. The fourth-order valence-corrected chi connectivity index (χ4v) is 3.66. The molecule has 1 atom stereocenters. The van der Waals surface area contributed by atoms with Crippen molar-refractivity contribution >= 4 is 23.6 Å². The zero-order chi connectivity index (χ0) is 22.3. The largest absolute Gasteiger partial charge is 0.449 e. The first-order chi connectivity index (χ1) is 14.9. The fraction of sp³-hybridized carbons (Fsp3) is 0.455. The number of nitrogens with one attached hydrogen (secondary N) is 3. The predicted octanol–water partition coefficient (Wildman–Crippen LogP) is 3.46. The molecule has 1 heterocycles. The standard InChI is InChI=1S/C22H27FN4O4/c1-2-3-5-17(19(28)20(29)26-18-10-13-24-27-18)25-21(30)31-14-22(11-4-12-22)15-6-8-16(23)9-7-15/h6-10,13,17H,2-5,11-12,14H2,1H3,(H,25,30)(H2,24,26,27,29). The van der Waals surface area contributed by atoms with Gasteiger partial charge in [-0.3, -0.25) is 14.7 Å². The van der Waals surface area contributed by atoms with E-state index in [4.69, 9.17) is 4.74 Å². The molecule has 1 aliphatic carbocycles. The lowest BCUT2D eigenvalue weighted by atomic mass is 9.65. The summed E-state index contributed by atoms with van der Waals surface area (Å²) in [5.74, 6) is -1.62. The van der Waals surface area contributed by atoms with Crippen molar-refractivity contribution in [2.45, 2.75) is 56.9 Å². The lowest BCUT2D eigenvalue weighted by Crippen LogP contribution is -2.47. The van der Waals surface area contributed by atoms with Gasteiger partial charge in [-0.05, 0) is 37.0 Å². The summed E-state index contributed by atoms with van der Waals surface area (Å²) < 4.78 is 18.7. The molecule has 1 unspecified atom stereocenters. The minimum Gasteiger partial charge on any atom is -0.449 e. The van der Waals surface area contributed by atoms with E-state index < -0.39 is 23.8 Å². The van der Waals surface area contributed by atoms with Gasteiger partial charge in [0.1, 0.15) is 24.3 Å². The van der Waals surface area contributed by atoms with Gasteiger partial charge >= 0.3 is 6.09 Å². The summed E-state index contributed by atoms with van der Waals surface area (Å²) in [6, 6.07) is 6.74. The molecule has 1 aromatic heterocycles. The van der Waals surface area contributed by atoms with Gasteiger partial charge in [0.25, 0.3) is 5.91 Å². The summed E-state index contributed by atoms with van der Waals surface area (Å²) in [5.41, 5.74) is 0.580. The number of hydrogen-bond donors (Lipinski definition) is 3. The second kappa shape index (κ2) is 10.2. The number of aromatic nitrogens is 2. The van der Waals surface area contributed by atoms with Crippen LogP contribution in [0.4, 0.5) is 15.0 Å². The topological polar surface area (TPSA) is 113 Å². The lowest BCUT2D eigenvalue weighted by molar-refractivity contribution is -0.136. The van der Waals surface area contributed by atoms with Crippen LogP contribution in [0.3, 0.4) is 0 Å². The Morgan fingerprint density at radius 3 is 2.55 bits per heavy atom. The van der Waals surface area contributed by atoms with Gasteiger partial charge in [-0.1, -0.05) is 38.3 Å². The molecule has 1 aromatic carbocycles. The third-order valence-electron chi connectivity index (χ3n) is 5.67. The predicted molar refractivity (Wildman–Crippen MR) is 112 cm³/mol. The molecule has 0 saturated heterocycles.